The third-order valence-corrected chi connectivity index (χ3v) is 3.99. The van der Waals surface area contributed by atoms with E-state index in [1.165, 1.54) is 19.3 Å². The highest BCUT2D eigenvalue weighted by Gasteiger charge is 2.29. The molecule has 106 valence electrons. The number of carbonyl (C=O) groups excluding carboxylic acids is 1. The molecule has 4 heteroatoms. The molecule has 1 saturated carbocycles. The monoisotopic (exact) mass is 263 g/mol. The predicted octanol–water partition coefficient (Wildman–Crippen LogP) is 2.93. The van der Waals surface area contributed by atoms with E-state index < -0.39 is 0 Å². The first-order valence-corrected chi connectivity index (χ1v) is 7.32. The van der Waals surface area contributed by atoms with Gasteiger partial charge in [-0.2, -0.15) is 0 Å². The maximum absolute atomic E-state index is 12.4. The van der Waals surface area contributed by atoms with E-state index in [0.717, 1.165) is 25.8 Å². The van der Waals surface area contributed by atoms with Crippen LogP contribution in [0.4, 0.5) is 5.69 Å². The topological polar surface area (TPSA) is 60.0 Å². The van der Waals surface area contributed by atoms with Crippen molar-refractivity contribution in [3.8, 4) is 0 Å². The summed E-state index contributed by atoms with van der Waals surface area (Å²) in [7, 11) is 0. The van der Waals surface area contributed by atoms with Crippen molar-refractivity contribution < 1.29 is 4.79 Å². The van der Waals surface area contributed by atoms with Crippen LogP contribution < -0.4 is 11.1 Å². The van der Waals surface area contributed by atoms with Crippen LogP contribution in [0.1, 0.15) is 62.9 Å². The van der Waals surface area contributed by atoms with Crippen LogP contribution in [-0.4, -0.2) is 16.0 Å². The van der Waals surface area contributed by atoms with E-state index >= 15 is 0 Å². The van der Waals surface area contributed by atoms with Gasteiger partial charge in [0.05, 0.1) is 5.69 Å². The first-order chi connectivity index (χ1) is 9.04. The molecule has 19 heavy (non-hydrogen) atoms. The Morgan fingerprint density at radius 1 is 1.42 bits per heavy atom. The van der Waals surface area contributed by atoms with Crippen molar-refractivity contribution in [1.82, 2.24) is 9.88 Å². The fourth-order valence-corrected chi connectivity index (χ4v) is 2.94. The van der Waals surface area contributed by atoms with Gasteiger partial charge in [-0.25, -0.2) is 0 Å². The fourth-order valence-electron chi connectivity index (χ4n) is 2.94. The molecule has 1 fully saturated rings. The molecule has 1 aliphatic carbocycles. The second-order valence-corrected chi connectivity index (χ2v) is 5.93. The van der Waals surface area contributed by atoms with Gasteiger partial charge < -0.3 is 15.6 Å². The second-order valence-electron chi connectivity index (χ2n) is 5.93. The molecule has 4 nitrogen and oxygen atoms in total. The molecule has 0 atom stereocenters. The molecule has 0 radical (unpaired) electrons. The van der Waals surface area contributed by atoms with Crippen LogP contribution >= 0.6 is 0 Å². The normalized spacial score (nSPS) is 18.2. The SMILES string of the molecule is CCCn1cc(N)cc1C(=O)NC1(C)CCCCC1. The highest BCUT2D eigenvalue weighted by atomic mass is 16.2. The smallest absolute Gasteiger partial charge is 0.268 e. The van der Waals surface area contributed by atoms with Crippen molar-refractivity contribution in [2.75, 3.05) is 5.73 Å². The van der Waals surface area contributed by atoms with E-state index in [4.69, 9.17) is 5.73 Å². The quantitative estimate of drug-likeness (QED) is 0.877. The summed E-state index contributed by atoms with van der Waals surface area (Å²) in [5, 5.41) is 3.21. The van der Waals surface area contributed by atoms with Gasteiger partial charge in [-0.3, -0.25) is 4.79 Å². The lowest BCUT2D eigenvalue weighted by Gasteiger charge is -2.34. The number of nitrogens with two attached hydrogens (primary N) is 1. The highest BCUT2D eigenvalue weighted by Crippen LogP contribution is 2.28. The largest absolute Gasteiger partial charge is 0.397 e. The molecular weight excluding hydrogens is 238 g/mol. The predicted molar refractivity (Wildman–Crippen MR) is 78.1 cm³/mol. The minimum Gasteiger partial charge on any atom is -0.397 e. The summed E-state index contributed by atoms with van der Waals surface area (Å²) in [6, 6.07) is 1.77. The van der Waals surface area contributed by atoms with Crippen molar-refractivity contribution in [3.63, 3.8) is 0 Å². The lowest BCUT2D eigenvalue weighted by Crippen LogP contribution is -2.47. The summed E-state index contributed by atoms with van der Waals surface area (Å²) < 4.78 is 1.96. The standard InChI is InChI=1S/C15H25N3O/c1-3-9-18-11-12(16)10-13(18)14(19)17-15(2)7-5-4-6-8-15/h10-11H,3-9,16H2,1-2H3,(H,17,19). The maximum Gasteiger partial charge on any atom is 0.268 e. The van der Waals surface area contributed by atoms with Crippen molar-refractivity contribution in [1.29, 1.82) is 0 Å². The van der Waals surface area contributed by atoms with Crippen LogP contribution in [0.5, 0.6) is 0 Å². The first kappa shape index (κ1) is 14.0. The maximum atomic E-state index is 12.4. The fraction of sp³-hybridized carbons (Fsp3) is 0.667. The van der Waals surface area contributed by atoms with E-state index in [1.807, 2.05) is 10.8 Å². The van der Waals surface area contributed by atoms with Gasteiger partial charge in [-0.1, -0.05) is 26.2 Å². The van der Waals surface area contributed by atoms with Crippen LogP contribution in [-0.2, 0) is 6.54 Å². The number of aromatic nitrogens is 1. The highest BCUT2D eigenvalue weighted by molar-refractivity contribution is 5.94. The lowest BCUT2D eigenvalue weighted by atomic mass is 9.83. The molecule has 0 bridgehead atoms. The zero-order valence-electron chi connectivity index (χ0n) is 12.0. The summed E-state index contributed by atoms with van der Waals surface area (Å²) in [5.41, 5.74) is 7.11. The third kappa shape index (κ3) is 3.31. The number of aryl methyl sites for hydroxylation is 1. The van der Waals surface area contributed by atoms with Gasteiger partial charge in [0.25, 0.3) is 5.91 Å². The van der Waals surface area contributed by atoms with Crippen LogP contribution in [0, 0.1) is 0 Å². The number of nitrogens with one attached hydrogen (secondary N) is 1. The van der Waals surface area contributed by atoms with Gasteiger partial charge in [0, 0.05) is 18.3 Å². The molecule has 1 heterocycles. The summed E-state index contributed by atoms with van der Waals surface area (Å²) >= 11 is 0. The Bertz CT molecular complexity index is 444. The van der Waals surface area contributed by atoms with E-state index in [0.29, 0.717) is 11.4 Å². The molecule has 0 spiro atoms. The van der Waals surface area contributed by atoms with Gasteiger partial charge in [-0.15, -0.1) is 0 Å². The van der Waals surface area contributed by atoms with Crippen LogP contribution in [0.3, 0.4) is 0 Å². The van der Waals surface area contributed by atoms with Gasteiger partial charge in [0.2, 0.25) is 0 Å². The van der Waals surface area contributed by atoms with E-state index in [1.54, 1.807) is 6.07 Å². The number of hydrogen-bond donors (Lipinski definition) is 2. The Hall–Kier alpha value is -1.45. The lowest BCUT2D eigenvalue weighted by molar-refractivity contribution is 0.0873. The molecule has 0 unspecified atom stereocenters. The molecule has 1 amide bonds. The van der Waals surface area contributed by atoms with Crippen LogP contribution in [0.15, 0.2) is 12.3 Å². The van der Waals surface area contributed by atoms with Crippen molar-refractivity contribution >= 4 is 11.6 Å². The average Bonchev–Trinajstić information content (AvgIpc) is 2.71. The minimum atomic E-state index is -0.0502. The van der Waals surface area contributed by atoms with Gasteiger partial charge >= 0.3 is 0 Å². The van der Waals surface area contributed by atoms with E-state index in [2.05, 4.69) is 19.2 Å². The number of hydrogen-bond acceptors (Lipinski definition) is 2. The molecule has 1 aromatic heterocycles. The summed E-state index contributed by atoms with van der Waals surface area (Å²) in [4.78, 5) is 12.4. The van der Waals surface area contributed by atoms with Gasteiger partial charge in [0.1, 0.15) is 5.69 Å². The Kier molecular flexibility index (Phi) is 4.17. The van der Waals surface area contributed by atoms with Crippen LogP contribution in [0.25, 0.3) is 0 Å². The molecular formula is C15H25N3O. The van der Waals surface area contributed by atoms with Gasteiger partial charge in [-0.05, 0) is 32.3 Å². The van der Waals surface area contributed by atoms with Crippen molar-refractivity contribution in [2.24, 2.45) is 0 Å². The average molecular weight is 263 g/mol. The molecule has 0 saturated heterocycles. The third-order valence-electron chi connectivity index (χ3n) is 3.99. The number of rotatable bonds is 4. The summed E-state index contributed by atoms with van der Waals surface area (Å²) in [6.07, 6.45) is 8.67. The zero-order chi connectivity index (χ0) is 13.9. The van der Waals surface area contributed by atoms with E-state index in [9.17, 15) is 4.79 Å². The molecule has 1 aliphatic rings. The summed E-state index contributed by atoms with van der Waals surface area (Å²) in [5.74, 6) is 0.00884. The van der Waals surface area contributed by atoms with Crippen LogP contribution in [0.2, 0.25) is 0 Å². The Morgan fingerprint density at radius 2 is 2.11 bits per heavy atom. The Morgan fingerprint density at radius 3 is 2.74 bits per heavy atom. The number of nitrogens with zero attached hydrogens (tertiary/aromatic N) is 1. The summed E-state index contributed by atoms with van der Waals surface area (Å²) in [6.45, 7) is 5.08. The second kappa shape index (κ2) is 5.68. The number of nitrogen functional groups attached to an aromatic ring is 1. The molecule has 0 aliphatic heterocycles. The Labute approximate surface area is 115 Å². The molecule has 1 aromatic rings. The molecule has 2 rings (SSSR count). The zero-order valence-corrected chi connectivity index (χ0v) is 12.0. The number of carbonyl (C=O) groups is 1. The number of anilines is 1. The van der Waals surface area contributed by atoms with Crippen molar-refractivity contribution in [3.05, 3.63) is 18.0 Å². The van der Waals surface area contributed by atoms with Crippen molar-refractivity contribution in [2.45, 2.75) is 64.5 Å². The van der Waals surface area contributed by atoms with E-state index in [-0.39, 0.29) is 11.4 Å². The molecule has 3 N–H and O–H groups in total. The first-order valence-electron chi connectivity index (χ1n) is 7.32. The number of amides is 1. The molecule has 0 aromatic carbocycles. The van der Waals surface area contributed by atoms with Gasteiger partial charge in [0.15, 0.2) is 0 Å². The Balaban J connectivity index is 2.10. The minimum absolute atomic E-state index is 0.00884.